The van der Waals surface area contributed by atoms with Crippen LogP contribution < -0.4 is 10.6 Å². The number of amides is 3. The minimum absolute atomic E-state index is 0.0869. The summed E-state index contributed by atoms with van der Waals surface area (Å²) in [7, 11) is 0. The van der Waals surface area contributed by atoms with Gasteiger partial charge >= 0.3 is 6.03 Å². The van der Waals surface area contributed by atoms with Gasteiger partial charge in [0.15, 0.2) is 11.5 Å². The van der Waals surface area contributed by atoms with Crippen molar-refractivity contribution >= 4 is 17.8 Å². The quantitative estimate of drug-likeness (QED) is 0.798. The van der Waals surface area contributed by atoms with Gasteiger partial charge in [0.2, 0.25) is 0 Å². The topological polar surface area (TPSA) is 90.5 Å². The number of piperidine rings is 1. The third kappa shape index (κ3) is 3.63. The molecular weight excluding hydrogens is 380 g/mol. The molecule has 0 atom stereocenters. The summed E-state index contributed by atoms with van der Waals surface area (Å²) in [6.45, 7) is 4.82. The Morgan fingerprint density at radius 3 is 2.27 bits per heavy atom. The fraction of sp³-hybridized carbons (Fsp3) is 0.455. The van der Waals surface area contributed by atoms with E-state index in [4.69, 9.17) is 0 Å². The Kier molecular flexibility index (Phi) is 4.86. The molecule has 30 heavy (non-hydrogen) atoms. The zero-order valence-corrected chi connectivity index (χ0v) is 16.9. The molecule has 3 amide bonds. The molecule has 2 saturated heterocycles. The highest BCUT2D eigenvalue weighted by atomic mass is 16.2. The molecule has 0 radical (unpaired) electrons. The van der Waals surface area contributed by atoms with Crippen LogP contribution in [0.5, 0.6) is 0 Å². The molecule has 3 aliphatic heterocycles. The van der Waals surface area contributed by atoms with Crippen molar-refractivity contribution in [1.82, 2.24) is 25.3 Å². The Hall–Kier alpha value is -3.00. The first kappa shape index (κ1) is 19.0. The molecule has 8 heteroatoms. The standard InChI is InChI=1S/C22H26N6O2/c29-20(27-11-8-22(9-12-27)7-10-23-15-22)18-5-6-19(26-25-18)24-21(30)28-13-16-3-1-2-4-17(16)14-28/h1-6,23H,7-15H2,(H,24,26,30). The summed E-state index contributed by atoms with van der Waals surface area (Å²) in [5.41, 5.74) is 3.01. The van der Waals surface area contributed by atoms with E-state index in [1.165, 1.54) is 6.42 Å². The molecular formula is C22H26N6O2. The number of hydrogen-bond acceptors (Lipinski definition) is 5. The molecule has 4 heterocycles. The summed E-state index contributed by atoms with van der Waals surface area (Å²) in [5.74, 6) is 0.262. The molecule has 1 spiro atoms. The summed E-state index contributed by atoms with van der Waals surface area (Å²) in [6.07, 6.45) is 3.27. The zero-order chi connectivity index (χ0) is 20.6. The smallest absolute Gasteiger partial charge is 0.323 e. The van der Waals surface area contributed by atoms with Crippen LogP contribution in [0.25, 0.3) is 0 Å². The van der Waals surface area contributed by atoms with Crippen molar-refractivity contribution in [2.24, 2.45) is 5.41 Å². The van der Waals surface area contributed by atoms with E-state index in [-0.39, 0.29) is 11.9 Å². The predicted molar refractivity (Wildman–Crippen MR) is 112 cm³/mol. The van der Waals surface area contributed by atoms with E-state index in [2.05, 4.69) is 20.8 Å². The van der Waals surface area contributed by atoms with Crippen LogP contribution >= 0.6 is 0 Å². The summed E-state index contributed by atoms with van der Waals surface area (Å²) in [4.78, 5) is 28.9. The van der Waals surface area contributed by atoms with Crippen LogP contribution in [0.2, 0.25) is 0 Å². The van der Waals surface area contributed by atoms with Gasteiger partial charge in [-0.25, -0.2) is 4.79 Å². The van der Waals surface area contributed by atoms with Gasteiger partial charge in [-0.2, -0.15) is 0 Å². The van der Waals surface area contributed by atoms with E-state index in [1.807, 2.05) is 29.2 Å². The molecule has 0 saturated carbocycles. The molecule has 156 valence electrons. The number of urea groups is 1. The highest BCUT2D eigenvalue weighted by Gasteiger charge is 2.38. The summed E-state index contributed by atoms with van der Waals surface area (Å²) in [5, 5.41) is 14.4. The first-order valence-corrected chi connectivity index (χ1v) is 10.6. The number of fused-ring (bicyclic) bond motifs is 1. The number of carbonyl (C=O) groups excluding carboxylic acids is 2. The van der Waals surface area contributed by atoms with Gasteiger partial charge in [-0.15, -0.1) is 10.2 Å². The molecule has 8 nitrogen and oxygen atoms in total. The average Bonchev–Trinajstić information content (AvgIpc) is 3.42. The van der Waals surface area contributed by atoms with Crippen molar-refractivity contribution in [3.05, 3.63) is 53.2 Å². The molecule has 1 aromatic heterocycles. The highest BCUT2D eigenvalue weighted by Crippen LogP contribution is 2.37. The highest BCUT2D eigenvalue weighted by molar-refractivity contribution is 5.93. The maximum atomic E-state index is 12.8. The lowest BCUT2D eigenvalue weighted by Gasteiger charge is -2.38. The van der Waals surface area contributed by atoms with E-state index in [1.54, 1.807) is 17.0 Å². The normalized spacial score (nSPS) is 19.7. The van der Waals surface area contributed by atoms with Crippen LogP contribution in [-0.4, -0.2) is 58.1 Å². The van der Waals surface area contributed by atoms with E-state index in [0.29, 0.717) is 30.0 Å². The third-order valence-corrected chi connectivity index (χ3v) is 6.69. The predicted octanol–water partition coefficient (Wildman–Crippen LogP) is 2.24. The zero-order valence-electron chi connectivity index (χ0n) is 16.9. The van der Waals surface area contributed by atoms with Crippen LogP contribution in [0.4, 0.5) is 10.6 Å². The largest absolute Gasteiger partial charge is 0.337 e. The SMILES string of the molecule is O=C(Nc1ccc(C(=O)N2CCC3(CCNC3)CC2)nn1)N1Cc2ccccc2C1. The number of nitrogens with zero attached hydrogens (tertiary/aromatic N) is 4. The number of aromatic nitrogens is 2. The van der Waals surface area contributed by atoms with Gasteiger partial charge in [-0.1, -0.05) is 24.3 Å². The van der Waals surface area contributed by atoms with Crippen LogP contribution in [0.3, 0.4) is 0 Å². The lowest BCUT2D eigenvalue weighted by molar-refractivity contribution is 0.0601. The number of benzene rings is 1. The Bertz CT molecular complexity index is 919. The Morgan fingerprint density at radius 2 is 1.67 bits per heavy atom. The molecule has 2 aromatic rings. The molecule has 1 aromatic carbocycles. The minimum atomic E-state index is -0.217. The Balaban J connectivity index is 1.17. The number of hydrogen-bond donors (Lipinski definition) is 2. The van der Waals surface area contributed by atoms with Crippen molar-refractivity contribution in [2.75, 3.05) is 31.5 Å². The van der Waals surface area contributed by atoms with Gasteiger partial charge in [-0.05, 0) is 54.5 Å². The molecule has 0 unspecified atom stereocenters. The minimum Gasteiger partial charge on any atom is -0.337 e. The summed E-state index contributed by atoms with van der Waals surface area (Å²) < 4.78 is 0. The molecule has 3 aliphatic rings. The van der Waals surface area contributed by atoms with Crippen LogP contribution in [0.1, 0.15) is 40.9 Å². The van der Waals surface area contributed by atoms with E-state index in [9.17, 15) is 9.59 Å². The second-order valence-electron chi connectivity index (χ2n) is 8.58. The fourth-order valence-corrected chi connectivity index (χ4v) is 4.75. The molecule has 0 aliphatic carbocycles. The van der Waals surface area contributed by atoms with Crippen molar-refractivity contribution in [3.63, 3.8) is 0 Å². The van der Waals surface area contributed by atoms with Crippen LogP contribution in [-0.2, 0) is 13.1 Å². The number of likely N-dealkylation sites (tertiary alicyclic amines) is 1. The number of anilines is 1. The van der Waals surface area contributed by atoms with Gasteiger partial charge in [0.05, 0.1) is 0 Å². The molecule has 5 rings (SSSR count). The molecule has 0 bridgehead atoms. The lowest BCUT2D eigenvalue weighted by Crippen LogP contribution is -2.44. The van der Waals surface area contributed by atoms with Gasteiger partial charge in [-0.3, -0.25) is 10.1 Å². The Labute approximate surface area is 175 Å². The lowest BCUT2D eigenvalue weighted by atomic mass is 9.78. The second kappa shape index (κ2) is 7.68. The van der Waals surface area contributed by atoms with E-state index >= 15 is 0 Å². The fourth-order valence-electron chi connectivity index (χ4n) is 4.75. The second-order valence-corrected chi connectivity index (χ2v) is 8.58. The number of carbonyl (C=O) groups is 2. The van der Waals surface area contributed by atoms with Crippen LogP contribution in [0.15, 0.2) is 36.4 Å². The first-order valence-electron chi connectivity index (χ1n) is 10.6. The average molecular weight is 406 g/mol. The Morgan fingerprint density at radius 1 is 0.933 bits per heavy atom. The monoisotopic (exact) mass is 406 g/mol. The van der Waals surface area contributed by atoms with Crippen molar-refractivity contribution in [3.8, 4) is 0 Å². The molecule has 2 N–H and O–H groups in total. The third-order valence-electron chi connectivity index (χ3n) is 6.69. The molecule has 2 fully saturated rings. The maximum absolute atomic E-state index is 12.8. The first-order chi connectivity index (χ1) is 14.6. The summed E-state index contributed by atoms with van der Waals surface area (Å²) in [6, 6.07) is 11.1. The van der Waals surface area contributed by atoms with Gasteiger partial charge in [0, 0.05) is 32.7 Å². The van der Waals surface area contributed by atoms with Gasteiger partial charge in [0.25, 0.3) is 5.91 Å². The van der Waals surface area contributed by atoms with Gasteiger partial charge < -0.3 is 15.1 Å². The number of nitrogens with one attached hydrogen (secondary N) is 2. The van der Waals surface area contributed by atoms with E-state index in [0.717, 1.165) is 50.1 Å². The van der Waals surface area contributed by atoms with Crippen LogP contribution in [0, 0.1) is 5.41 Å². The van der Waals surface area contributed by atoms with Crippen molar-refractivity contribution in [1.29, 1.82) is 0 Å². The van der Waals surface area contributed by atoms with Crippen molar-refractivity contribution < 1.29 is 9.59 Å². The summed E-state index contributed by atoms with van der Waals surface area (Å²) >= 11 is 0. The van der Waals surface area contributed by atoms with E-state index < -0.39 is 0 Å². The van der Waals surface area contributed by atoms with Crippen molar-refractivity contribution in [2.45, 2.75) is 32.4 Å². The maximum Gasteiger partial charge on any atom is 0.323 e. The van der Waals surface area contributed by atoms with Gasteiger partial charge in [0.1, 0.15) is 0 Å². The number of rotatable bonds is 2.